The third-order valence-corrected chi connectivity index (χ3v) is 6.72. The van der Waals surface area contributed by atoms with Gasteiger partial charge in [0.25, 0.3) is 0 Å². The first-order valence-corrected chi connectivity index (χ1v) is 10.2. The van der Waals surface area contributed by atoms with E-state index in [1.807, 2.05) is 31.2 Å². The molecular weight excluding hydrogens is 380 g/mol. The first-order chi connectivity index (χ1) is 13.5. The highest BCUT2D eigenvalue weighted by molar-refractivity contribution is 7.89. The Bertz CT molecular complexity index is 1070. The normalized spacial score (nSPS) is 14.8. The quantitative estimate of drug-likeness (QED) is 0.654. The molecule has 146 valence electrons. The largest absolute Gasteiger partial charge is 0.486 e. The van der Waals surface area contributed by atoms with E-state index < -0.39 is 10.0 Å². The number of aromatic nitrogens is 3. The van der Waals surface area contributed by atoms with Crippen LogP contribution >= 0.6 is 0 Å². The fourth-order valence-corrected chi connectivity index (χ4v) is 4.38. The van der Waals surface area contributed by atoms with E-state index in [9.17, 15) is 8.42 Å². The van der Waals surface area contributed by atoms with Crippen molar-refractivity contribution in [2.45, 2.75) is 17.9 Å². The maximum Gasteiger partial charge on any atom is 0.243 e. The summed E-state index contributed by atoms with van der Waals surface area (Å²) in [6.07, 6.45) is 3.07. The van der Waals surface area contributed by atoms with Crippen LogP contribution in [0.2, 0.25) is 0 Å². The zero-order valence-corrected chi connectivity index (χ0v) is 16.3. The lowest BCUT2D eigenvalue weighted by Crippen LogP contribution is -2.30. The van der Waals surface area contributed by atoms with E-state index in [-0.39, 0.29) is 10.9 Å². The molecule has 8 nitrogen and oxygen atoms in total. The maximum atomic E-state index is 13.1. The van der Waals surface area contributed by atoms with Gasteiger partial charge in [-0.1, -0.05) is 12.1 Å². The van der Waals surface area contributed by atoms with Crippen LogP contribution in [0.15, 0.2) is 60.0 Å². The van der Waals surface area contributed by atoms with E-state index in [1.165, 1.54) is 16.7 Å². The molecule has 4 rings (SSSR count). The summed E-state index contributed by atoms with van der Waals surface area (Å²) in [7, 11) is -2.13. The average Bonchev–Trinajstić information content (AvgIpc) is 3.27. The van der Waals surface area contributed by atoms with Crippen LogP contribution in [-0.2, 0) is 10.0 Å². The molecule has 1 aromatic heterocycles. The number of hydrogen-bond donors (Lipinski definition) is 0. The van der Waals surface area contributed by atoms with Crippen LogP contribution in [0.5, 0.6) is 11.5 Å². The second kappa shape index (κ2) is 7.25. The van der Waals surface area contributed by atoms with Crippen molar-refractivity contribution in [2.24, 2.45) is 0 Å². The zero-order valence-electron chi connectivity index (χ0n) is 15.5. The minimum atomic E-state index is -3.70. The van der Waals surface area contributed by atoms with Crippen LogP contribution in [0.25, 0.3) is 5.69 Å². The molecule has 0 saturated heterocycles. The van der Waals surface area contributed by atoms with Gasteiger partial charge in [-0.05, 0) is 36.8 Å². The summed E-state index contributed by atoms with van der Waals surface area (Å²) in [6.45, 7) is 2.71. The lowest BCUT2D eigenvalue weighted by atomic mass is 10.1. The van der Waals surface area contributed by atoms with Gasteiger partial charge in [-0.3, -0.25) is 0 Å². The molecule has 0 aliphatic carbocycles. The van der Waals surface area contributed by atoms with Crippen molar-refractivity contribution < 1.29 is 17.9 Å². The standard InChI is InChI=1S/C19H20N4O4S/c1-14(15-3-5-16(6-4-15)23-13-20-12-21-23)22(2)28(24,25)17-7-8-18-19(11-17)27-10-9-26-18/h3-8,11-14H,9-10H2,1-2H3/t14-/m0/s1. The Labute approximate surface area is 163 Å². The van der Waals surface area contributed by atoms with Crippen molar-refractivity contribution in [3.63, 3.8) is 0 Å². The van der Waals surface area contributed by atoms with E-state index in [0.717, 1.165) is 11.3 Å². The first kappa shape index (κ1) is 18.5. The number of benzene rings is 2. The van der Waals surface area contributed by atoms with Crippen LogP contribution in [-0.4, -0.2) is 47.7 Å². The molecule has 0 saturated carbocycles. The molecule has 0 radical (unpaired) electrons. The molecule has 2 heterocycles. The van der Waals surface area contributed by atoms with Crippen LogP contribution < -0.4 is 9.47 Å². The Balaban J connectivity index is 1.58. The summed E-state index contributed by atoms with van der Waals surface area (Å²) in [5.74, 6) is 1.01. The van der Waals surface area contributed by atoms with Gasteiger partial charge in [0.2, 0.25) is 10.0 Å². The second-order valence-corrected chi connectivity index (χ2v) is 8.43. The van der Waals surface area contributed by atoms with Crippen molar-refractivity contribution in [3.8, 4) is 17.2 Å². The number of ether oxygens (including phenoxy) is 2. The van der Waals surface area contributed by atoms with E-state index in [1.54, 1.807) is 30.2 Å². The Hall–Kier alpha value is -2.91. The molecular formula is C19H20N4O4S. The number of rotatable bonds is 5. The predicted molar refractivity (Wildman–Crippen MR) is 102 cm³/mol. The summed E-state index contributed by atoms with van der Waals surface area (Å²) in [4.78, 5) is 4.10. The number of nitrogens with zero attached hydrogens (tertiary/aromatic N) is 4. The molecule has 0 N–H and O–H groups in total. The third-order valence-electron chi connectivity index (χ3n) is 4.79. The van der Waals surface area contributed by atoms with Crippen molar-refractivity contribution >= 4 is 10.0 Å². The van der Waals surface area contributed by atoms with Gasteiger partial charge in [-0.15, -0.1) is 0 Å². The van der Waals surface area contributed by atoms with E-state index in [4.69, 9.17) is 9.47 Å². The summed E-state index contributed by atoms with van der Waals surface area (Å²) in [5.41, 5.74) is 1.72. The minimum absolute atomic E-state index is 0.172. The number of fused-ring (bicyclic) bond motifs is 1. The lowest BCUT2D eigenvalue weighted by molar-refractivity contribution is 0.171. The number of hydrogen-bond acceptors (Lipinski definition) is 6. The fourth-order valence-electron chi connectivity index (χ4n) is 3.02. The van der Waals surface area contributed by atoms with E-state index in [0.29, 0.717) is 24.7 Å². The summed E-state index contributed by atoms with van der Waals surface area (Å²) >= 11 is 0. The van der Waals surface area contributed by atoms with Gasteiger partial charge in [-0.2, -0.15) is 9.40 Å². The van der Waals surface area contributed by atoms with Gasteiger partial charge in [0.15, 0.2) is 11.5 Å². The van der Waals surface area contributed by atoms with Crippen LogP contribution in [0.4, 0.5) is 0 Å². The monoisotopic (exact) mass is 400 g/mol. The molecule has 0 amide bonds. The van der Waals surface area contributed by atoms with Gasteiger partial charge in [0.05, 0.1) is 10.6 Å². The number of sulfonamides is 1. The topological polar surface area (TPSA) is 86.6 Å². The lowest BCUT2D eigenvalue weighted by Gasteiger charge is -2.26. The van der Waals surface area contributed by atoms with Gasteiger partial charge in [0.1, 0.15) is 25.9 Å². The zero-order chi connectivity index (χ0) is 19.7. The molecule has 9 heteroatoms. The van der Waals surface area contributed by atoms with E-state index >= 15 is 0 Å². The Kier molecular flexibility index (Phi) is 4.78. The highest BCUT2D eigenvalue weighted by atomic mass is 32.2. The van der Waals surface area contributed by atoms with Crippen molar-refractivity contribution in [3.05, 3.63) is 60.7 Å². The Morgan fingerprint density at radius 3 is 2.46 bits per heavy atom. The van der Waals surface area contributed by atoms with Crippen LogP contribution in [0.1, 0.15) is 18.5 Å². The molecule has 0 bridgehead atoms. The third kappa shape index (κ3) is 3.34. The fraction of sp³-hybridized carbons (Fsp3) is 0.263. The van der Waals surface area contributed by atoms with Crippen molar-refractivity contribution in [2.75, 3.05) is 20.3 Å². The summed E-state index contributed by atoms with van der Waals surface area (Å²) in [6, 6.07) is 11.9. The van der Waals surface area contributed by atoms with Crippen molar-refractivity contribution in [1.82, 2.24) is 19.1 Å². The van der Waals surface area contributed by atoms with Gasteiger partial charge >= 0.3 is 0 Å². The maximum absolute atomic E-state index is 13.1. The molecule has 0 fully saturated rings. The average molecular weight is 400 g/mol. The Morgan fingerprint density at radius 1 is 1.07 bits per heavy atom. The van der Waals surface area contributed by atoms with Gasteiger partial charge in [0, 0.05) is 19.2 Å². The first-order valence-electron chi connectivity index (χ1n) is 8.79. The molecule has 0 unspecified atom stereocenters. The summed E-state index contributed by atoms with van der Waals surface area (Å²) < 4.78 is 40.2. The van der Waals surface area contributed by atoms with E-state index in [2.05, 4.69) is 10.1 Å². The molecule has 1 aliphatic rings. The highest BCUT2D eigenvalue weighted by Gasteiger charge is 2.28. The minimum Gasteiger partial charge on any atom is -0.486 e. The predicted octanol–water partition coefficient (Wildman–Crippen LogP) is 2.42. The Morgan fingerprint density at radius 2 is 1.79 bits per heavy atom. The molecule has 1 atom stereocenters. The second-order valence-electron chi connectivity index (χ2n) is 6.43. The molecule has 0 spiro atoms. The van der Waals surface area contributed by atoms with Crippen LogP contribution in [0.3, 0.4) is 0 Å². The highest BCUT2D eigenvalue weighted by Crippen LogP contribution is 2.34. The summed E-state index contributed by atoms with van der Waals surface area (Å²) in [5, 5.41) is 4.09. The van der Waals surface area contributed by atoms with Gasteiger partial charge < -0.3 is 9.47 Å². The SMILES string of the molecule is C[C@@H](c1ccc(-n2cncn2)cc1)N(C)S(=O)(=O)c1ccc2c(c1)OCCO2. The molecule has 3 aromatic rings. The van der Waals surface area contributed by atoms with Crippen LogP contribution in [0, 0.1) is 0 Å². The molecule has 1 aliphatic heterocycles. The van der Waals surface area contributed by atoms with Crippen molar-refractivity contribution in [1.29, 1.82) is 0 Å². The smallest absolute Gasteiger partial charge is 0.243 e. The van der Waals surface area contributed by atoms with Gasteiger partial charge in [-0.25, -0.2) is 18.1 Å². The molecule has 28 heavy (non-hydrogen) atoms. The molecule has 2 aromatic carbocycles.